The van der Waals surface area contributed by atoms with Crippen molar-refractivity contribution in [1.82, 2.24) is 15.6 Å². The van der Waals surface area contributed by atoms with E-state index in [1.54, 1.807) is 0 Å². The Morgan fingerprint density at radius 2 is 2.05 bits per heavy atom. The van der Waals surface area contributed by atoms with Gasteiger partial charge in [0.2, 0.25) is 0 Å². The van der Waals surface area contributed by atoms with E-state index >= 15 is 0 Å². The van der Waals surface area contributed by atoms with Gasteiger partial charge in [-0.1, -0.05) is 46.1 Å². The van der Waals surface area contributed by atoms with Gasteiger partial charge in [-0.3, -0.25) is 9.98 Å². The molecule has 4 nitrogen and oxygen atoms in total. The van der Waals surface area contributed by atoms with Gasteiger partial charge in [0.25, 0.3) is 0 Å². The van der Waals surface area contributed by atoms with Crippen molar-refractivity contribution in [2.75, 3.05) is 13.6 Å². The van der Waals surface area contributed by atoms with E-state index in [4.69, 9.17) is 0 Å². The lowest BCUT2D eigenvalue weighted by atomic mass is 9.87. The summed E-state index contributed by atoms with van der Waals surface area (Å²) in [5.41, 5.74) is 2.55. The van der Waals surface area contributed by atoms with Crippen molar-refractivity contribution in [2.45, 2.75) is 59.9 Å². The zero-order chi connectivity index (χ0) is 16.4. The fourth-order valence-corrected chi connectivity index (χ4v) is 2.36. The Bertz CT molecular complexity index is 466. The van der Waals surface area contributed by atoms with Gasteiger partial charge in [-0.25, -0.2) is 0 Å². The van der Waals surface area contributed by atoms with Gasteiger partial charge in [0.15, 0.2) is 5.96 Å². The van der Waals surface area contributed by atoms with Crippen molar-refractivity contribution in [1.29, 1.82) is 0 Å². The van der Waals surface area contributed by atoms with Gasteiger partial charge in [0, 0.05) is 19.8 Å². The number of hydrogen-bond donors (Lipinski definition) is 2. The summed E-state index contributed by atoms with van der Waals surface area (Å²) in [7, 11) is 1.81. The molecule has 124 valence electrons. The molecule has 0 saturated heterocycles. The second-order valence-corrected chi connectivity index (χ2v) is 6.67. The van der Waals surface area contributed by atoms with Crippen LogP contribution in [0.5, 0.6) is 0 Å². The van der Waals surface area contributed by atoms with Crippen molar-refractivity contribution in [2.24, 2.45) is 10.4 Å². The van der Waals surface area contributed by atoms with Crippen LogP contribution in [-0.4, -0.2) is 24.5 Å². The monoisotopic (exact) mass is 304 g/mol. The molecule has 0 aromatic carbocycles. The van der Waals surface area contributed by atoms with Crippen LogP contribution in [0.4, 0.5) is 0 Å². The maximum absolute atomic E-state index is 4.40. The summed E-state index contributed by atoms with van der Waals surface area (Å²) in [5, 5.41) is 6.78. The molecule has 22 heavy (non-hydrogen) atoms. The van der Waals surface area contributed by atoms with Crippen molar-refractivity contribution in [3.05, 3.63) is 29.6 Å². The third kappa shape index (κ3) is 6.92. The van der Waals surface area contributed by atoms with Crippen LogP contribution in [0, 0.1) is 12.3 Å². The van der Waals surface area contributed by atoms with Gasteiger partial charge in [-0.15, -0.1) is 0 Å². The summed E-state index contributed by atoms with van der Waals surface area (Å²) < 4.78 is 0. The first-order chi connectivity index (χ1) is 10.5. The third-order valence-electron chi connectivity index (χ3n) is 3.96. The number of unbranched alkanes of at least 4 members (excludes halogenated alkanes) is 2. The normalized spacial score (nSPS) is 12.3. The molecule has 2 N–H and O–H groups in total. The number of guanidine groups is 1. The zero-order valence-electron chi connectivity index (χ0n) is 14.9. The first-order valence-electron chi connectivity index (χ1n) is 8.33. The molecule has 0 unspecified atom stereocenters. The highest BCUT2D eigenvalue weighted by molar-refractivity contribution is 5.79. The fraction of sp³-hybridized carbons (Fsp3) is 0.667. The molecule has 0 saturated carbocycles. The average Bonchev–Trinajstić information content (AvgIpc) is 2.49. The first-order valence-corrected chi connectivity index (χ1v) is 8.33. The van der Waals surface area contributed by atoms with Gasteiger partial charge >= 0.3 is 0 Å². The van der Waals surface area contributed by atoms with Crippen molar-refractivity contribution < 1.29 is 0 Å². The number of nitrogens with zero attached hydrogens (tertiary/aromatic N) is 2. The topological polar surface area (TPSA) is 49.3 Å². The number of rotatable bonds is 8. The predicted molar refractivity (Wildman–Crippen MR) is 95.1 cm³/mol. The van der Waals surface area contributed by atoms with Crippen LogP contribution in [0.2, 0.25) is 0 Å². The number of aryl methyl sites for hydroxylation is 1. The molecule has 1 aromatic rings. The number of nitrogens with one attached hydrogen (secondary N) is 2. The molecule has 0 fully saturated rings. The SMILES string of the molecule is CCCCCC(C)(C)CNC(=NC)NCc1ncccc1C. The van der Waals surface area contributed by atoms with E-state index in [0.717, 1.165) is 18.2 Å². The van der Waals surface area contributed by atoms with Gasteiger partial charge in [-0.2, -0.15) is 0 Å². The molecule has 0 atom stereocenters. The number of aromatic nitrogens is 1. The predicted octanol–water partition coefficient (Wildman–Crippen LogP) is 3.66. The Kier molecular flexibility index (Phi) is 7.92. The standard InChI is InChI=1S/C18H32N4/c1-6-7-8-11-18(3,4)14-22-17(19-5)21-13-16-15(2)10-9-12-20-16/h9-10,12H,6-8,11,13-14H2,1-5H3,(H2,19,21,22). The van der Waals surface area contributed by atoms with Crippen LogP contribution in [-0.2, 0) is 6.54 Å². The molecular weight excluding hydrogens is 272 g/mol. The van der Waals surface area contributed by atoms with E-state index in [2.05, 4.69) is 54.4 Å². The van der Waals surface area contributed by atoms with E-state index < -0.39 is 0 Å². The van der Waals surface area contributed by atoms with E-state index in [9.17, 15) is 0 Å². The van der Waals surface area contributed by atoms with E-state index in [1.165, 1.54) is 31.2 Å². The molecule has 1 aromatic heterocycles. The Labute approximate surface area is 135 Å². The van der Waals surface area contributed by atoms with E-state index in [1.807, 2.05) is 19.3 Å². The van der Waals surface area contributed by atoms with Crippen LogP contribution in [0.3, 0.4) is 0 Å². The Morgan fingerprint density at radius 3 is 2.68 bits per heavy atom. The first kappa shape index (κ1) is 18.5. The Balaban J connectivity index is 2.41. The molecule has 1 heterocycles. The van der Waals surface area contributed by atoms with Crippen molar-refractivity contribution in [3.63, 3.8) is 0 Å². The van der Waals surface area contributed by atoms with Crippen molar-refractivity contribution in [3.8, 4) is 0 Å². The summed E-state index contributed by atoms with van der Waals surface area (Å²) in [6.07, 6.45) is 6.96. The largest absolute Gasteiger partial charge is 0.356 e. The highest BCUT2D eigenvalue weighted by Crippen LogP contribution is 2.22. The number of pyridine rings is 1. The van der Waals surface area contributed by atoms with Crippen LogP contribution in [0.15, 0.2) is 23.3 Å². The maximum Gasteiger partial charge on any atom is 0.191 e. The summed E-state index contributed by atoms with van der Waals surface area (Å²) in [6.45, 7) is 10.6. The summed E-state index contributed by atoms with van der Waals surface area (Å²) in [6, 6.07) is 4.04. The smallest absolute Gasteiger partial charge is 0.191 e. The molecular formula is C18H32N4. The molecule has 1 rings (SSSR count). The minimum atomic E-state index is 0.285. The van der Waals surface area contributed by atoms with Crippen molar-refractivity contribution >= 4 is 5.96 Å². The van der Waals surface area contributed by atoms with Crippen LogP contribution in [0.25, 0.3) is 0 Å². The zero-order valence-corrected chi connectivity index (χ0v) is 14.9. The van der Waals surface area contributed by atoms with Crippen LogP contribution in [0.1, 0.15) is 57.7 Å². The van der Waals surface area contributed by atoms with Crippen LogP contribution < -0.4 is 10.6 Å². The van der Waals surface area contributed by atoms with E-state index in [-0.39, 0.29) is 5.41 Å². The maximum atomic E-state index is 4.40. The minimum absolute atomic E-state index is 0.285. The molecule has 0 aliphatic rings. The summed E-state index contributed by atoms with van der Waals surface area (Å²) >= 11 is 0. The van der Waals surface area contributed by atoms with Gasteiger partial charge in [0.05, 0.1) is 12.2 Å². The highest BCUT2D eigenvalue weighted by atomic mass is 15.2. The lowest BCUT2D eigenvalue weighted by molar-refractivity contribution is 0.318. The van der Waals surface area contributed by atoms with Gasteiger partial charge in [-0.05, 0) is 30.4 Å². The summed E-state index contributed by atoms with van der Waals surface area (Å²) in [4.78, 5) is 8.70. The molecule has 0 bridgehead atoms. The van der Waals surface area contributed by atoms with Gasteiger partial charge < -0.3 is 10.6 Å². The molecule has 0 radical (unpaired) electrons. The Hall–Kier alpha value is -1.58. The minimum Gasteiger partial charge on any atom is -0.356 e. The average molecular weight is 304 g/mol. The molecule has 4 heteroatoms. The second-order valence-electron chi connectivity index (χ2n) is 6.67. The fourth-order valence-electron chi connectivity index (χ4n) is 2.36. The quantitative estimate of drug-likeness (QED) is 0.438. The van der Waals surface area contributed by atoms with Crippen LogP contribution >= 0.6 is 0 Å². The lowest BCUT2D eigenvalue weighted by Gasteiger charge is -2.26. The highest BCUT2D eigenvalue weighted by Gasteiger charge is 2.17. The number of hydrogen-bond acceptors (Lipinski definition) is 2. The van der Waals surface area contributed by atoms with E-state index in [0.29, 0.717) is 6.54 Å². The molecule has 0 aliphatic carbocycles. The van der Waals surface area contributed by atoms with Gasteiger partial charge in [0.1, 0.15) is 0 Å². The Morgan fingerprint density at radius 1 is 1.27 bits per heavy atom. The molecule has 0 aliphatic heterocycles. The summed E-state index contributed by atoms with van der Waals surface area (Å²) in [5.74, 6) is 0.841. The molecule has 0 spiro atoms. The molecule has 0 amide bonds. The number of aliphatic imine (C=N–C) groups is 1. The lowest BCUT2D eigenvalue weighted by Crippen LogP contribution is -2.41. The second kappa shape index (κ2) is 9.44. The third-order valence-corrected chi connectivity index (χ3v) is 3.96.